The molecule has 1 aromatic rings. The van der Waals surface area contributed by atoms with E-state index in [0.29, 0.717) is 5.92 Å². The highest BCUT2D eigenvalue weighted by Crippen LogP contribution is 2.13. The fourth-order valence-corrected chi connectivity index (χ4v) is 1.51. The predicted molar refractivity (Wildman–Crippen MR) is 55.4 cm³/mol. The Morgan fingerprint density at radius 2 is 2.31 bits per heavy atom. The molecule has 1 rings (SSSR count). The molecule has 0 aromatic carbocycles. The SMILES string of the molecule is CCCC(C)Cn1ncc(C)c1N. The Morgan fingerprint density at radius 3 is 2.77 bits per heavy atom. The molecule has 0 bridgehead atoms. The van der Waals surface area contributed by atoms with Gasteiger partial charge in [0.15, 0.2) is 0 Å². The van der Waals surface area contributed by atoms with Gasteiger partial charge in [0.2, 0.25) is 0 Å². The van der Waals surface area contributed by atoms with Crippen LogP contribution in [-0.4, -0.2) is 9.78 Å². The molecule has 3 heteroatoms. The van der Waals surface area contributed by atoms with Gasteiger partial charge in [0, 0.05) is 12.1 Å². The van der Waals surface area contributed by atoms with Crippen LogP contribution in [0.15, 0.2) is 6.20 Å². The van der Waals surface area contributed by atoms with E-state index in [0.717, 1.165) is 17.9 Å². The average Bonchev–Trinajstić information content (AvgIpc) is 2.37. The lowest BCUT2D eigenvalue weighted by Crippen LogP contribution is -2.11. The Kier molecular flexibility index (Phi) is 3.34. The second-order valence-corrected chi connectivity index (χ2v) is 3.79. The Balaban J connectivity index is 2.58. The molecule has 0 fully saturated rings. The molecule has 0 amide bonds. The number of nitrogens with zero attached hydrogens (tertiary/aromatic N) is 2. The van der Waals surface area contributed by atoms with Crippen molar-refractivity contribution >= 4 is 5.82 Å². The van der Waals surface area contributed by atoms with Gasteiger partial charge in [0.25, 0.3) is 0 Å². The summed E-state index contributed by atoms with van der Waals surface area (Å²) < 4.78 is 1.90. The second-order valence-electron chi connectivity index (χ2n) is 3.79. The topological polar surface area (TPSA) is 43.8 Å². The summed E-state index contributed by atoms with van der Waals surface area (Å²) >= 11 is 0. The van der Waals surface area contributed by atoms with Crippen molar-refractivity contribution in [2.24, 2.45) is 5.92 Å². The van der Waals surface area contributed by atoms with E-state index in [1.807, 2.05) is 17.8 Å². The smallest absolute Gasteiger partial charge is 0.124 e. The molecule has 1 aromatic heterocycles. The zero-order valence-corrected chi connectivity index (χ0v) is 8.75. The van der Waals surface area contributed by atoms with Crippen LogP contribution in [0.25, 0.3) is 0 Å². The van der Waals surface area contributed by atoms with E-state index in [2.05, 4.69) is 18.9 Å². The van der Waals surface area contributed by atoms with Crippen molar-refractivity contribution < 1.29 is 0 Å². The van der Waals surface area contributed by atoms with Gasteiger partial charge < -0.3 is 5.73 Å². The van der Waals surface area contributed by atoms with Crippen LogP contribution in [-0.2, 0) is 6.54 Å². The standard InChI is InChI=1S/C10H19N3/c1-4-5-8(2)7-13-10(11)9(3)6-12-13/h6,8H,4-5,7,11H2,1-3H3. The fraction of sp³-hybridized carbons (Fsp3) is 0.700. The van der Waals surface area contributed by atoms with Crippen LogP contribution >= 0.6 is 0 Å². The van der Waals surface area contributed by atoms with Crippen molar-refractivity contribution in [2.45, 2.75) is 40.2 Å². The summed E-state index contributed by atoms with van der Waals surface area (Å²) in [7, 11) is 0. The van der Waals surface area contributed by atoms with Crippen molar-refractivity contribution in [1.29, 1.82) is 0 Å². The van der Waals surface area contributed by atoms with Gasteiger partial charge in [-0.1, -0.05) is 20.3 Å². The Labute approximate surface area is 79.9 Å². The number of nitrogens with two attached hydrogens (primary N) is 1. The van der Waals surface area contributed by atoms with Crippen LogP contribution in [0.1, 0.15) is 32.3 Å². The Bertz CT molecular complexity index is 265. The van der Waals surface area contributed by atoms with E-state index in [1.54, 1.807) is 0 Å². The van der Waals surface area contributed by atoms with Crippen molar-refractivity contribution in [2.75, 3.05) is 5.73 Å². The van der Waals surface area contributed by atoms with Crippen LogP contribution in [0.5, 0.6) is 0 Å². The minimum atomic E-state index is 0.659. The second kappa shape index (κ2) is 4.30. The van der Waals surface area contributed by atoms with Gasteiger partial charge in [-0.2, -0.15) is 5.10 Å². The van der Waals surface area contributed by atoms with Crippen molar-refractivity contribution in [1.82, 2.24) is 9.78 Å². The van der Waals surface area contributed by atoms with Crippen LogP contribution in [0.3, 0.4) is 0 Å². The highest BCUT2D eigenvalue weighted by molar-refractivity contribution is 5.36. The molecular weight excluding hydrogens is 162 g/mol. The molecule has 1 heterocycles. The van der Waals surface area contributed by atoms with Gasteiger partial charge >= 0.3 is 0 Å². The molecule has 13 heavy (non-hydrogen) atoms. The maximum atomic E-state index is 5.85. The summed E-state index contributed by atoms with van der Waals surface area (Å²) in [6.07, 6.45) is 4.29. The van der Waals surface area contributed by atoms with Gasteiger partial charge in [-0.3, -0.25) is 0 Å². The Hall–Kier alpha value is -0.990. The first-order valence-electron chi connectivity index (χ1n) is 4.93. The summed E-state index contributed by atoms with van der Waals surface area (Å²) in [5.74, 6) is 1.47. The summed E-state index contributed by atoms with van der Waals surface area (Å²) in [6.45, 7) is 7.37. The third-order valence-corrected chi connectivity index (χ3v) is 2.34. The van der Waals surface area contributed by atoms with Gasteiger partial charge in [0.05, 0.1) is 6.20 Å². The predicted octanol–water partition coefficient (Wildman–Crippen LogP) is 2.21. The first-order chi connectivity index (χ1) is 6.15. The zero-order chi connectivity index (χ0) is 9.84. The van der Waals surface area contributed by atoms with E-state index in [-0.39, 0.29) is 0 Å². The largest absolute Gasteiger partial charge is 0.384 e. The average molecular weight is 181 g/mol. The van der Waals surface area contributed by atoms with Crippen LogP contribution < -0.4 is 5.73 Å². The fourth-order valence-electron chi connectivity index (χ4n) is 1.51. The van der Waals surface area contributed by atoms with Gasteiger partial charge in [-0.15, -0.1) is 0 Å². The number of aryl methyl sites for hydroxylation is 1. The molecule has 1 atom stereocenters. The van der Waals surface area contributed by atoms with E-state index in [1.165, 1.54) is 12.8 Å². The first kappa shape index (κ1) is 10.1. The molecule has 1 unspecified atom stereocenters. The third-order valence-electron chi connectivity index (χ3n) is 2.34. The first-order valence-corrected chi connectivity index (χ1v) is 4.93. The number of nitrogen functional groups attached to an aromatic ring is 1. The van der Waals surface area contributed by atoms with Gasteiger partial charge in [0.1, 0.15) is 5.82 Å². The number of anilines is 1. The molecular formula is C10H19N3. The number of aromatic nitrogens is 2. The van der Waals surface area contributed by atoms with E-state index >= 15 is 0 Å². The van der Waals surface area contributed by atoms with Crippen molar-refractivity contribution in [3.05, 3.63) is 11.8 Å². The molecule has 2 N–H and O–H groups in total. The maximum absolute atomic E-state index is 5.85. The van der Waals surface area contributed by atoms with Gasteiger partial charge in [-0.25, -0.2) is 4.68 Å². The number of hydrogen-bond acceptors (Lipinski definition) is 2. The van der Waals surface area contributed by atoms with Gasteiger partial charge in [-0.05, 0) is 19.3 Å². The highest BCUT2D eigenvalue weighted by atomic mass is 15.3. The van der Waals surface area contributed by atoms with E-state index in [4.69, 9.17) is 5.73 Å². The molecule has 0 aliphatic carbocycles. The summed E-state index contributed by atoms with van der Waals surface area (Å²) in [4.78, 5) is 0. The maximum Gasteiger partial charge on any atom is 0.124 e. The number of rotatable bonds is 4. The molecule has 0 spiro atoms. The minimum absolute atomic E-state index is 0.659. The lowest BCUT2D eigenvalue weighted by Gasteiger charge is -2.11. The molecule has 74 valence electrons. The van der Waals surface area contributed by atoms with E-state index < -0.39 is 0 Å². The third kappa shape index (κ3) is 2.47. The van der Waals surface area contributed by atoms with Crippen molar-refractivity contribution in [3.8, 4) is 0 Å². The summed E-state index contributed by atoms with van der Waals surface area (Å²) in [6, 6.07) is 0. The lowest BCUT2D eigenvalue weighted by atomic mass is 10.1. The van der Waals surface area contributed by atoms with Crippen molar-refractivity contribution in [3.63, 3.8) is 0 Å². The van der Waals surface area contributed by atoms with Crippen LogP contribution in [0.4, 0.5) is 5.82 Å². The molecule has 0 radical (unpaired) electrons. The monoisotopic (exact) mass is 181 g/mol. The number of hydrogen-bond donors (Lipinski definition) is 1. The minimum Gasteiger partial charge on any atom is -0.384 e. The zero-order valence-electron chi connectivity index (χ0n) is 8.75. The lowest BCUT2D eigenvalue weighted by molar-refractivity contribution is 0.424. The normalized spacial score (nSPS) is 13.2. The molecule has 3 nitrogen and oxygen atoms in total. The van der Waals surface area contributed by atoms with Crippen LogP contribution in [0, 0.1) is 12.8 Å². The Morgan fingerprint density at radius 1 is 1.62 bits per heavy atom. The van der Waals surface area contributed by atoms with E-state index in [9.17, 15) is 0 Å². The molecule has 0 aliphatic rings. The summed E-state index contributed by atoms with van der Waals surface area (Å²) in [5, 5.41) is 4.23. The van der Waals surface area contributed by atoms with Crippen LogP contribution in [0.2, 0.25) is 0 Å². The molecule has 0 saturated carbocycles. The molecule has 0 aliphatic heterocycles. The summed E-state index contributed by atoms with van der Waals surface area (Å²) in [5.41, 5.74) is 6.92. The quantitative estimate of drug-likeness (QED) is 0.774. The molecule has 0 saturated heterocycles. The highest BCUT2D eigenvalue weighted by Gasteiger charge is 2.06.